The van der Waals surface area contributed by atoms with Crippen molar-refractivity contribution in [3.8, 4) is 12.3 Å². The fraction of sp³-hybridized carbons (Fsp3) is 0.105. The number of hydrogen-bond donors (Lipinski definition) is 0. The zero-order chi connectivity index (χ0) is 16.8. The van der Waals surface area contributed by atoms with Gasteiger partial charge in [0, 0.05) is 17.4 Å². The van der Waals surface area contributed by atoms with Gasteiger partial charge in [0.15, 0.2) is 0 Å². The molecular formula is C19H16N4O. The molecule has 5 nitrogen and oxygen atoms in total. The Morgan fingerprint density at radius 3 is 2.71 bits per heavy atom. The van der Waals surface area contributed by atoms with Crippen molar-refractivity contribution in [3.63, 3.8) is 0 Å². The lowest BCUT2D eigenvalue weighted by Crippen LogP contribution is -2.33. The smallest absolute Gasteiger partial charge is 0.249 e. The predicted molar refractivity (Wildman–Crippen MR) is 92.0 cm³/mol. The monoisotopic (exact) mass is 316 g/mol. The molecule has 0 aliphatic rings. The van der Waals surface area contributed by atoms with Gasteiger partial charge in [-0.05, 0) is 23.8 Å². The Kier molecular flexibility index (Phi) is 4.68. The molecule has 3 aromatic rings. The van der Waals surface area contributed by atoms with E-state index in [1.807, 2.05) is 54.6 Å². The van der Waals surface area contributed by atoms with Crippen LogP contribution in [0.25, 0.3) is 0 Å². The van der Waals surface area contributed by atoms with E-state index in [0.717, 1.165) is 16.8 Å². The van der Waals surface area contributed by atoms with Gasteiger partial charge in [0.1, 0.15) is 6.54 Å². The van der Waals surface area contributed by atoms with Crippen LogP contribution in [0.2, 0.25) is 0 Å². The van der Waals surface area contributed by atoms with Crippen LogP contribution < -0.4 is 4.90 Å². The summed E-state index contributed by atoms with van der Waals surface area (Å²) >= 11 is 0. The minimum absolute atomic E-state index is 0.0847. The summed E-state index contributed by atoms with van der Waals surface area (Å²) in [5.74, 6) is 2.52. The standard InChI is InChI=1S/C19H16N4O/c1-2-16-9-6-10-18(13-16)23(14-17-7-4-3-5-8-17)19(24)15-22-12-11-20-21-22/h1,3-13H,14-15H2. The quantitative estimate of drug-likeness (QED) is 0.680. The minimum Gasteiger partial charge on any atom is -0.306 e. The molecule has 0 aliphatic heterocycles. The van der Waals surface area contributed by atoms with E-state index in [0.29, 0.717) is 6.54 Å². The number of amides is 1. The number of rotatable bonds is 5. The number of carbonyl (C=O) groups is 1. The number of anilines is 1. The molecule has 5 heteroatoms. The van der Waals surface area contributed by atoms with E-state index >= 15 is 0 Å². The van der Waals surface area contributed by atoms with Crippen molar-refractivity contribution in [3.05, 3.63) is 78.1 Å². The summed E-state index contributed by atoms with van der Waals surface area (Å²) in [4.78, 5) is 14.5. The van der Waals surface area contributed by atoms with Crippen LogP contribution in [-0.2, 0) is 17.9 Å². The van der Waals surface area contributed by atoms with Gasteiger partial charge in [0.2, 0.25) is 5.91 Å². The molecule has 1 aromatic heterocycles. The van der Waals surface area contributed by atoms with Gasteiger partial charge in [-0.15, -0.1) is 11.5 Å². The van der Waals surface area contributed by atoms with Crippen molar-refractivity contribution in [1.82, 2.24) is 15.0 Å². The summed E-state index contributed by atoms with van der Waals surface area (Å²) in [6, 6.07) is 17.2. The van der Waals surface area contributed by atoms with Crippen molar-refractivity contribution in [1.29, 1.82) is 0 Å². The number of benzene rings is 2. The highest BCUT2D eigenvalue weighted by molar-refractivity contribution is 5.93. The second-order valence-electron chi connectivity index (χ2n) is 5.26. The van der Waals surface area contributed by atoms with Crippen molar-refractivity contribution in [2.75, 3.05) is 4.90 Å². The normalized spacial score (nSPS) is 10.1. The summed E-state index contributed by atoms with van der Waals surface area (Å²) in [6.45, 7) is 0.579. The van der Waals surface area contributed by atoms with Gasteiger partial charge in [0.25, 0.3) is 0 Å². The van der Waals surface area contributed by atoms with Gasteiger partial charge >= 0.3 is 0 Å². The van der Waals surface area contributed by atoms with Crippen molar-refractivity contribution < 1.29 is 4.79 Å². The lowest BCUT2D eigenvalue weighted by Gasteiger charge is -2.23. The lowest BCUT2D eigenvalue weighted by molar-refractivity contribution is -0.119. The largest absolute Gasteiger partial charge is 0.306 e. The Bertz CT molecular complexity index is 851. The average molecular weight is 316 g/mol. The molecule has 2 aromatic carbocycles. The first kappa shape index (κ1) is 15.5. The molecule has 0 saturated carbocycles. The number of nitrogens with zero attached hydrogens (tertiary/aromatic N) is 4. The second kappa shape index (κ2) is 7.25. The highest BCUT2D eigenvalue weighted by Crippen LogP contribution is 2.19. The zero-order valence-electron chi connectivity index (χ0n) is 13.0. The second-order valence-corrected chi connectivity index (χ2v) is 5.26. The summed E-state index contributed by atoms with van der Waals surface area (Å²) in [5, 5.41) is 7.59. The van der Waals surface area contributed by atoms with Crippen LogP contribution in [0.1, 0.15) is 11.1 Å². The predicted octanol–water partition coefficient (Wildman–Crippen LogP) is 2.49. The Labute approximate surface area is 140 Å². The first-order chi connectivity index (χ1) is 11.8. The van der Waals surface area contributed by atoms with Crippen LogP contribution in [0.4, 0.5) is 5.69 Å². The van der Waals surface area contributed by atoms with Gasteiger partial charge in [-0.25, -0.2) is 4.68 Å². The molecule has 0 aliphatic carbocycles. The van der Waals surface area contributed by atoms with E-state index in [-0.39, 0.29) is 12.5 Å². The molecule has 1 heterocycles. The molecule has 0 N–H and O–H groups in total. The van der Waals surface area contributed by atoms with Crippen molar-refractivity contribution in [2.45, 2.75) is 13.1 Å². The first-order valence-electron chi connectivity index (χ1n) is 7.51. The maximum absolute atomic E-state index is 12.8. The van der Waals surface area contributed by atoms with E-state index in [1.165, 1.54) is 4.68 Å². The minimum atomic E-state index is -0.0847. The summed E-state index contributed by atoms with van der Waals surface area (Å²) < 4.78 is 1.51. The van der Waals surface area contributed by atoms with Crippen LogP contribution in [0.5, 0.6) is 0 Å². The van der Waals surface area contributed by atoms with Gasteiger partial charge in [-0.3, -0.25) is 4.79 Å². The summed E-state index contributed by atoms with van der Waals surface area (Å²) in [7, 11) is 0. The van der Waals surface area contributed by atoms with Gasteiger partial charge in [0.05, 0.1) is 12.7 Å². The van der Waals surface area contributed by atoms with Crippen LogP contribution in [0.3, 0.4) is 0 Å². The number of hydrogen-bond acceptors (Lipinski definition) is 3. The molecule has 3 rings (SSSR count). The van der Waals surface area contributed by atoms with Gasteiger partial charge in [-0.2, -0.15) is 0 Å². The lowest BCUT2D eigenvalue weighted by atomic mass is 10.1. The van der Waals surface area contributed by atoms with Crippen LogP contribution >= 0.6 is 0 Å². The maximum atomic E-state index is 12.8. The van der Waals surface area contributed by atoms with E-state index in [4.69, 9.17) is 6.42 Å². The zero-order valence-corrected chi connectivity index (χ0v) is 13.0. The Hall–Kier alpha value is -3.39. The average Bonchev–Trinajstić information content (AvgIpc) is 3.13. The molecule has 0 bridgehead atoms. The molecule has 0 saturated heterocycles. The molecule has 0 spiro atoms. The Balaban J connectivity index is 1.90. The third-order valence-corrected chi connectivity index (χ3v) is 3.58. The highest BCUT2D eigenvalue weighted by atomic mass is 16.2. The van der Waals surface area contributed by atoms with Crippen LogP contribution in [-0.4, -0.2) is 20.9 Å². The van der Waals surface area contributed by atoms with E-state index in [1.54, 1.807) is 17.3 Å². The van der Waals surface area contributed by atoms with Crippen LogP contribution in [0.15, 0.2) is 67.0 Å². The maximum Gasteiger partial charge on any atom is 0.249 e. The molecule has 1 amide bonds. The molecule has 0 atom stereocenters. The number of aromatic nitrogens is 3. The Morgan fingerprint density at radius 2 is 2.00 bits per heavy atom. The third-order valence-electron chi connectivity index (χ3n) is 3.58. The number of terminal acetylenes is 1. The van der Waals surface area contributed by atoms with Gasteiger partial charge in [-0.1, -0.05) is 47.5 Å². The fourth-order valence-electron chi connectivity index (χ4n) is 2.39. The van der Waals surface area contributed by atoms with E-state index in [2.05, 4.69) is 16.2 Å². The molecule has 24 heavy (non-hydrogen) atoms. The van der Waals surface area contributed by atoms with Crippen molar-refractivity contribution >= 4 is 11.6 Å². The third kappa shape index (κ3) is 3.68. The van der Waals surface area contributed by atoms with E-state index in [9.17, 15) is 4.79 Å². The molecule has 0 unspecified atom stereocenters. The van der Waals surface area contributed by atoms with E-state index < -0.39 is 0 Å². The molecular weight excluding hydrogens is 300 g/mol. The fourth-order valence-corrected chi connectivity index (χ4v) is 2.39. The SMILES string of the molecule is C#Cc1cccc(N(Cc2ccccc2)C(=O)Cn2ccnn2)c1. The molecule has 118 valence electrons. The highest BCUT2D eigenvalue weighted by Gasteiger charge is 2.17. The topological polar surface area (TPSA) is 51.0 Å². The summed E-state index contributed by atoms with van der Waals surface area (Å²) in [6.07, 6.45) is 8.69. The van der Waals surface area contributed by atoms with Crippen molar-refractivity contribution in [2.24, 2.45) is 0 Å². The number of carbonyl (C=O) groups excluding carboxylic acids is 1. The first-order valence-corrected chi connectivity index (χ1v) is 7.51. The summed E-state index contributed by atoms with van der Waals surface area (Å²) in [5.41, 5.74) is 2.54. The van der Waals surface area contributed by atoms with Gasteiger partial charge < -0.3 is 4.90 Å². The Morgan fingerprint density at radius 1 is 1.17 bits per heavy atom. The van der Waals surface area contributed by atoms with Crippen LogP contribution in [0, 0.1) is 12.3 Å². The molecule has 0 fully saturated rings. The molecule has 0 radical (unpaired) electrons.